The number of halogens is 2. The summed E-state index contributed by atoms with van der Waals surface area (Å²) in [5.41, 5.74) is 7.62. The molecular formula is C33H28Cl2N2O3. The van der Waals surface area contributed by atoms with E-state index in [-0.39, 0.29) is 17.5 Å². The molecule has 0 bridgehead atoms. The monoisotopic (exact) mass is 570 g/mol. The molecule has 2 N–H and O–H groups in total. The van der Waals surface area contributed by atoms with E-state index in [9.17, 15) is 14.7 Å². The lowest BCUT2D eigenvalue weighted by Gasteiger charge is -2.15. The molecule has 0 aliphatic carbocycles. The third-order valence-corrected chi connectivity index (χ3v) is 7.83. The summed E-state index contributed by atoms with van der Waals surface area (Å²) in [4.78, 5) is 24.8. The summed E-state index contributed by atoms with van der Waals surface area (Å²) in [6, 6.07) is 25.8. The highest BCUT2D eigenvalue weighted by molar-refractivity contribution is 6.34. The summed E-state index contributed by atoms with van der Waals surface area (Å²) in [5.74, 6) is -1.12. The Morgan fingerprint density at radius 2 is 1.57 bits per heavy atom. The van der Waals surface area contributed by atoms with Gasteiger partial charge in [-0.15, -0.1) is 0 Å². The highest BCUT2D eigenvalue weighted by atomic mass is 35.5. The maximum atomic E-state index is 13.1. The van der Waals surface area contributed by atoms with Crippen LogP contribution in [0.15, 0.2) is 84.9 Å². The van der Waals surface area contributed by atoms with Gasteiger partial charge in [-0.2, -0.15) is 0 Å². The lowest BCUT2D eigenvalue weighted by molar-refractivity contribution is 0.0697. The molecule has 5 nitrogen and oxygen atoms in total. The largest absolute Gasteiger partial charge is 0.478 e. The Labute approximate surface area is 243 Å². The van der Waals surface area contributed by atoms with Gasteiger partial charge in [0.15, 0.2) is 0 Å². The van der Waals surface area contributed by atoms with Gasteiger partial charge in [-0.25, -0.2) is 4.79 Å². The molecule has 0 radical (unpaired) electrons. The van der Waals surface area contributed by atoms with Gasteiger partial charge < -0.3 is 15.0 Å². The van der Waals surface area contributed by atoms with Gasteiger partial charge >= 0.3 is 5.97 Å². The molecule has 7 heteroatoms. The number of carboxylic acid groups (broad SMARTS) is 1. The van der Waals surface area contributed by atoms with Crippen LogP contribution in [-0.4, -0.2) is 21.6 Å². The quantitative estimate of drug-likeness (QED) is 0.206. The van der Waals surface area contributed by atoms with Crippen LogP contribution in [0, 0.1) is 13.8 Å². The number of carbonyl (C=O) groups excluding carboxylic acids is 1. The molecule has 1 aromatic heterocycles. The Hall–Kier alpha value is -4.06. The molecule has 0 saturated heterocycles. The van der Waals surface area contributed by atoms with Crippen LogP contribution in [0.2, 0.25) is 10.0 Å². The second-order valence-electron chi connectivity index (χ2n) is 9.97. The highest BCUT2D eigenvalue weighted by Gasteiger charge is 2.17. The van der Waals surface area contributed by atoms with Crippen LogP contribution in [0.1, 0.15) is 56.1 Å². The number of aromatic carboxylic acids is 1. The van der Waals surface area contributed by atoms with Crippen molar-refractivity contribution in [2.45, 2.75) is 33.4 Å². The van der Waals surface area contributed by atoms with E-state index in [4.69, 9.17) is 23.2 Å². The summed E-state index contributed by atoms with van der Waals surface area (Å²) in [5, 5.41) is 14.7. The molecule has 0 fully saturated rings. The van der Waals surface area contributed by atoms with Gasteiger partial charge in [-0.05, 0) is 91.1 Å². The molecule has 0 aliphatic heterocycles. The molecule has 0 spiro atoms. The van der Waals surface area contributed by atoms with Crippen LogP contribution < -0.4 is 5.32 Å². The fraction of sp³-hybridized carbons (Fsp3) is 0.152. The number of fused-ring (bicyclic) bond motifs is 1. The van der Waals surface area contributed by atoms with E-state index in [0.717, 1.165) is 38.9 Å². The van der Waals surface area contributed by atoms with Crippen molar-refractivity contribution in [3.63, 3.8) is 0 Å². The molecule has 1 amide bonds. The molecular weight excluding hydrogens is 543 g/mol. The number of rotatable bonds is 7. The minimum atomic E-state index is -0.944. The second-order valence-corrected chi connectivity index (χ2v) is 10.8. The van der Waals surface area contributed by atoms with Crippen molar-refractivity contribution in [1.29, 1.82) is 0 Å². The number of carboxylic acids is 1. The van der Waals surface area contributed by atoms with E-state index in [1.807, 2.05) is 61.5 Å². The number of amides is 1. The SMILES string of the molecule is Cc1c(C)n(Cc2ccc(-c3ccccc3C(=O)O)cc2)c2ccc(C(=O)NC(C)c3cc(Cl)cc(Cl)c3)cc12. The van der Waals surface area contributed by atoms with E-state index >= 15 is 0 Å². The lowest BCUT2D eigenvalue weighted by atomic mass is 9.99. The first-order valence-corrected chi connectivity index (χ1v) is 13.7. The molecule has 5 rings (SSSR count). The van der Waals surface area contributed by atoms with Crippen molar-refractivity contribution in [2.24, 2.45) is 0 Å². The number of hydrogen-bond acceptors (Lipinski definition) is 2. The van der Waals surface area contributed by atoms with Gasteiger partial charge in [0, 0.05) is 38.8 Å². The Bertz CT molecular complexity index is 1740. The van der Waals surface area contributed by atoms with Gasteiger partial charge in [0.25, 0.3) is 5.91 Å². The minimum absolute atomic E-state index is 0.174. The van der Waals surface area contributed by atoms with Crippen molar-refractivity contribution in [3.05, 3.63) is 128 Å². The van der Waals surface area contributed by atoms with Crippen LogP contribution in [0.25, 0.3) is 22.0 Å². The van der Waals surface area contributed by atoms with Crippen molar-refractivity contribution in [1.82, 2.24) is 9.88 Å². The van der Waals surface area contributed by atoms with Crippen LogP contribution in [0.3, 0.4) is 0 Å². The number of hydrogen-bond donors (Lipinski definition) is 2. The highest BCUT2D eigenvalue weighted by Crippen LogP contribution is 2.29. The standard InChI is InChI=1S/C33H28Cl2N2O3/c1-19-21(3)37(18-22-8-10-23(11-9-22)28-6-4-5-7-29(28)33(39)40)31-13-12-24(16-30(19)31)32(38)36-20(2)25-14-26(34)17-27(35)15-25/h4-17,20H,18H2,1-3H3,(H,36,38)(H,39,40). The fourth-order valence-corrected chi connectivity index (χ4v) is 5.62. The van der Waals surface area contributed by atoms with Crippen LogP contribution in [0.5, 0.6) is 0 Å². The molecule has 1 atom stereocenters. The average Bonchev–Trinajstić information content (AvgIpc) is 3.17. The fourth-order valence-electron chi connectivity index (χ4n) is 5.08. The third-order valence-electron chi connectivity index (χ3n) is 7.40. The topological polar surface area (TPSA) is 71.3 Å². The Morgan fingerprint density at radius 1 is 0.900 bits per heavy atom. The molecule has 5 aromatic rings. The van der Waals surface area contributed by atoms with Crippen LogP contribution in [0.4, 0.5) is 0 Å². The number of aryl methyl sites for hydroxylation is 1. The first kappa shape index (κ1) is 27.5. The summed E-state index contributed by atoms with van der Waals surface area (Å²) >= 11 is 12.3. The van der Waals surface area contributed by atoms with Crippen molar-refractivity contribution < 1.29 is 14.7 Å². The predicted molar refractivity (Wildman–Crippen MR) is 162 cm³/mol. The zero-order valence-electron chi connectivity index (χ0n) is 22.3. The molecule has 4 aromatic carbocycles. The number of benzene rings is 4. The van der Waals surface area contributed by atoms with Gasteiger partial charge in [-0.1, -0.05) is 65.7 Å². The molecule has 0 saturated carbocycles. The molecule has 40 heavy (non-hydrogen) atoms. The zero-order valence-corrected chi connectivity index (χ0v) is 23.8. The summed E-state index contributed by atoms with van der Waals surface area (Å²) in [6.07, 6.45) is 0. The van der Waals surface area contributed by atoms with Crippen molar-refractivity contribution in [2.75, 3.05) is 0 Å². The van der Waals surface area contributed by atoms with Crippen molar-refractivity contribution in [3.8, 4) is 11.1 Å². The molecule has 0 aliphatic rings. The van der Waals surface area contributed by atoms with Crippen molar-refractivity contribution >= 4 is 46.0 Å². The normalized spacial score (nSPS) is 11.9. The minimum Gasteiger partial charge on any atom is -0.478 e. The Kier molecular flexibility index (Phi) is 7.70. The van der Waals surface area contributed by atoms with Gasteiger partial charge in [0.1, 0.15) is 0 Å². The van der Waals surface area contributed by atoms with Crippen LogP contribution in [-0.2, 0) is 6.54 Å². The first-order chi connectivity index (χ1) is 19.1. The van der Waals surface area contributed by atoms with Gasteiger partial charge in [-0.3, -0.25) is 4.79 Å². The summed E-state index contributed by atoms with van der Waals surface area (Å²) in [7, 11) is 0. The molecule has 1 heterocycles. The van der Waals surface area contributed by atoms with E-state index in [0.29, 0.717) is 27.7 Å². The summed E-state index contributed by atoms with van der Waals surface area (Å²) < 4.78 is 2.24. The number of carbonyl (C=O) groups is 2. The zero-order chi connectivity index (χ0) is 28.6. The maximum absolute atomic E-state index is 13.1. The third kappa shape index (κ3) is 5.48. The van der Waals surface area contributed by atoms with Gasteiger partial charge in [0.05, 0.1) is 11.6 Å². The van der Waals surface area contributed by atoms with E-state index in [1.165, 1.54) is 0 Å². The van der Waals surface area contributed by atoms with Gasteiger partial charge in [0.2, 0.25) is 0 Å². The average molecular weight is 572 g/mol. The molecule has 1 unspecified atom stereocenters. The van der Waals surface area contributed by atoms with E-state index in [1.54, 1.807) is 30.3 Å². The number of nitrogens with zero attached hydrogens (tertiary/aromatic N) is 1. The predicted octanol–water partition coefficient (Wildman–Crippen LogP) is 8.47. The summed E-state index contributed by atoms with van der Waals surface area (Å²) in [6.45, 7) is 6.70. The number of aromatic nitrogens is 1. The molecule has 202 valence electrons. The maximum Gasteiger partial charge on any atom is 0.336 e. The van der Waals surface area contributed by atoms with E-state index in [2.05, 4.69) is 23.7 Å². The Morgan fingerprint density at radius 3 is 2.25 bits per heavy atom. The first-order valence-electron chi connectivity index (χ1n) is 12.9. The van der Waals surface area contributed by atoms with Crippen LogP contribution >= 0.6 is 23.2 Å². The smallest absolute Gasteiger partial charge is 0.336 e. The van der Waals surface area contributed by atoms with E-state index < -0.39 is 5.97 Å². The Balaban J connectivity index is 1.38. The number of nitrogens with one attached hydrogen (secondary N) is 1. The second kappa shape index (κ2) is 11.2. The lowest BCUT2D eigenvalue weighted by Crippen LogP contribution is -2.26.